The third-order valence-corrected chi connectivity index (χ3v) is 2.30. The Morgan fingerprint density at radius 1 is 1.50 bits per heavy atom. The van der Waals surface area contributed by atoms with E-state index in [2.05, 4.69) is 18.4 Å². The minimum atomic E-state index is -0.699. The maximum absolute atomic E-state index is 9.67. The summed E-state index contributed by atoms with van der Waals surface area (Å²) in [6, 6.07) is 0. The van der Waals surface area contributed by atoms with Gasteiger partial charge in [-0.3, -0.25) is 0 Å². The summed E-state index contributed by atoms with van der Waals surface area (Å²) < 4.78 is 5.10. The van der Waals surface area contributed by atoms with Gasteiger partial charge in [0.25, 0.3) is 0 Å². The molecular weight excluding hydrogens is 180 g/mol. The van der Waals surface area contributed by atoms with Gasteiger partial charge in [-0.05, 0) is 18.6 Å². The van der Waals surface area contributed by atoms with Crippen molar-refractivity contribution in [3.8, 4) is 11.8 Å². The van der Waals surface area contributed by atoms with Crippen LogP contribution in [0.2, 0.25) is 0 Å². The molecule has 2 N–H and O–H groups in total. The van der Waals surface area contributed by atoms with E-state index in [9.17, 15) is 10.2 Å². The number of fused-ring (bicyclic) bond motifs is 1. The number of hydrogen-bond acceptors (Lipinski definition) is 3. The van der Waals surface area contributed by atoms with E-state index >= 15 is 0 Å². The highest BCUT2D eigenvalue weighted by Gasteiger charge is 2.52. The van der Waals surface area contributed by atoms with Crippen LogP contribution in [-0.4, -0.2) is 34.6 Å². The lowest BCUT2D eigenvalue weighted by Crippen LogP contribution is -2.29. The van der Waals surface area contributed by atoms with Crippen LogP contribution in [0.3, 0.4) is 0 Å². The van der Waals surface area contributed by atoms with Gasteiger partial charge in [0, 0.05) is 5.57 Å². The van der Waals surface area contributed by atoms with Crippen LogP contribution in [0.4, 0.5) is 0 Å². The highest BCUT2D eigenvalue weighted by molar-refractivity contribution is 5.42. The van der Waals surface area contributed by atoms with Crippen molar-refractivity contribution in [3.05, 3.63) is 23.8 Å². The first kappa shape index (κ1) is 9.47. The third kappa shape index (κ3) is 1.60. The van der Waals surface area contributed by atoms with Gasteiger partial charge in [-0.15, -0.1) is 0 Å². The smallest absolute Gasteiger partial charge is 0.118 e. The molecule has 1 aliphatic heterocycles. The lowest BCUT2D eigenvalue weighted by Gasteiger charge is -2.14. The molecule has 0 unspecified atom stereocenters. The van der Waals surface area contributed by atoms with Crippen LogP contribution < -0.4 is 0 Å². The molecule has 4 atom stereocenters. The van der Waals surface area contributed by atoms with Crippen LogP contribution >= 0.6 is 0 Å². The molecule has 0 spiro atoms. The van der Waals surface area contributed by atoms with Gasteiger partial charge in [0.05, 0.1) is 0 Å². The molecule has 1 aliphatic carbocycles. The maximum atomic E-state index is 9.67. The Hall–Kier alpha value is -1.08. The van der Waals surface area contributed by atoms with Crippen LogP contribution in [0, 0.1) is 11.8 Å². The van der Waals surface area contributed by atoms with E-state index in [0.29, 0.717) is 5.57 Å². The van der Waals surface area contributed by atoms with E-state index in [1.54, 1.807) is 13.0 Å². The molecule has 3 nitrogen and oxygen atoms in total. The Bertz CT molecular complexity index is 358. The first-order valence-electron chi connectivity index (χ1n) is 4.50. The highest BCUT2D eigenvalue weighted by Crippen LogP contribution is 2.36. The van der Waals surface area contributed by atoms with E-state index in [4.69, 9.17) is 4.74 Å². The average Bonchev–Trinajstić information content (AvgIpc) is 2.88. The summed E-state index contributed by atoms with van der Waals surface area (Å²) >= 11 is 0. The Morgan fingerprint density at radius 3 is 2.86 bits per heavy atom. The van der Waals surface area contributed by atoms with Gasteiger partial charge in [-0.25, -0.2) is 0 Å². The highest BCUT2D eigenvalue weighted by atomic mass is 16.6. The Balaban J connectivity index is 2.19. The Kier molecular flexibility index (Phi) is 2.20. The van der Waals surface area contributed by atoms with Crippen molar-refractivity contribution in [1.82, 2.24) is 0 Å². The SMILES string of the molecule is C=C(C)C#CC1=C[C@H](O)[C@H]2O[C@@H]2[C@@H]1O. The molecule has 0 saturated carbocycles. The van der Waals surface area contributed by atoms with Gasteiger partial charge >= 0.3 is 0 Å². The summed E-state index contributed by atoms with van der Waals surface area (Å²) in [5, 5.41) is 19.1. The average molecular weight is 192 g/mol. The largest absolute Gasteiger partial charge is 0.386 e. The number of allylic oxidation sites excluding steroid dienone is 1. The predicted molar refractivity (Wildman–Crippen MR) is 51.3 cm³/mol. The van der Waals surface area contributed by atoms with Gasteiger partial charge in [0.15, 0.2) is 0 Å². The molecule has 0 aromatic heterocycles. The summed E-state index contributed by atoms with van der Waals surface area (Å²) in [4.78, 5) is 0. The molecule has 0 radical (unpaired) electrons. The van der Waals surface area contributed by atoms with E-state index in [1.807, 2.05) is 0 Å². The molecule has 0 amide bonds. The molecule has 74 valence electrons. The molecule has 2 aliphatic rings. The maximum Gasteiger partial charge on any atom is 0.118 e. The lowest BCUT2D eigenvalue weighted by atomic mass is 9.95. The number of aliphatic hydroxyl groups is 2. The van der Waals surface area contributed by atoms with Crippen LogP contribution in [0.15, 0.2) is 23.8 Å². The van der Waals surface area contributed by atoms with Crippen molar-refractivity contribution in [1.29, 1.82) is 0 Å². The molecule has 14 heavy (non-hydrogen) atoms. The quantitative estimate of drug-likeness (QED) is 0.419. The normalized spacial score (nSPS) is 38.9. The Morgan fingerprint density at radius 2 is 2.21 bits per heavy atom. The van der Waals surface area contributed by atoms with E-state index in [-0.39, 0.29) is 12.2 Å². The number of rotatable bonds is 0. The number of hydrogen-bond donors (Lipinski definition) is 2. The second-order valence-corrected chi connectivity index (χ2v) is 3.65. The van der Waals surface area contributed by atoms with Gasteiger partial charge in [-0.1, -0.05) is 18.4 Å². The topological polar surface area (TPSA) is 53.0 Å². The molecule has 1 fully saturated rings. The zero-order valence-corrected chi connectivity index (χ0v) is 7.90. The molecule has 3 heteroatoms. The van der Waals surface area contributed by atoms with Crippen molar-refractivity contribution in [2.75, 3.05) is 0 Å². The second kappa shape index (κ2) is 3.25. The minimum Gasteiger partial charge on any atom is -0.386 e. The van der Waals surface area contributed by atoms with Crippen LogP contribution in [0.25, 0.3) is 0 Å². The standard InChI is InChI=1S/C11H12O3/c1-6(2)3-4-7-5-8(12)10-11(14-10)9(7)13/h5,8-13H,1H2,2H3/t8-,9+,10+,11+/m0/s1. The summed E-state index contributed by atoms with van der Waals surface area (Å²) in [7, 11) is 0. The molecule has 1 saturated heterocycles. The van der Waals surface area contributed by atoms with Gasteiger partial charge < -0.3 is 14.9 Å². The molecule has 0 aromatic carbocycles. The van der Waals surface area contributed by atoms with E-state index in [1.165, 1.54) is 0 Å². The zero-order chi connectivity index (χ0) is 10.3. The van der Waals surface area contributed by atoms with Crippen LogP contribution in [0.5, 0.6) is 0 Å². The minimum absolute atomic E-state index is 0.236. The third-order valence-electron chi connectivity index (χ3n) is 2.30. The van der Waals surface area contributed by atoms with Crippen LogP contribution in [-0.2, 0) is 4.74 Å². The summed E-state index contributed by atoms with van der Waals surface area (Å²) in [6.07, 6.45) is -0.299. The first-order chi connectivity index (χ1) is 6.59. The fourth-order valence-electron chi connectivity index (χ4n) is 1.51. The van der Waals surface area contributed by atoms with Crippen molar-refractivity contribution in [2.24, 2.45) is 0 Å². The molecule has 0 aromatic rings. The van der Waals surface area contributed by atoms with Crippen LogP contribution in [0.1, 0.15) is 6.92 Å². The van der Waals surface area contributed by atoms with Crippen molar-refractivity contribution in [3.63, 3.8) is 0 Å². The summed E-state index contributed by atoms with van der Waals surface area (Å²) in [5.41, 5.74) is 1.26. The molecule has 0 bridgehead atoms. The molecular formula is C11H12O3. The van der Waals surface area contributed by atoms with Crippen molar-refractivity contribution < 1.29 is 14.9 Å². The Labute approximate surface area is 82.7 Å². The van der Waals surface area contributed by atoms with Crippen molar-refractivity contribution in [2.45, 2.75) is 31.3 Å². The van der Waals surface area contributed by atoms with Gasteiger partial charge in [-0.2, -0.15) is 0 Å². The van der Waals surface area contributed by atoms with E-state index < -0.39 is 12.2 Å². The monoisotopic (exact) mass is 192 g/mol. The van der Waals surface area contributed by atoms with E-state index in [0.717, 1.165) is 5.57 Å². The number of aliphatic hydroxyl groups excluding tert-OH is 2. The van der Waals surface area contributed by atoms with Crippen molar-refractivity contribution >= 4 is 0 Å². The van der Waals surface area contributed by atoms with Gasteiger partial charge in [0.1, 0.15) is 24.4 Å². The fraction of sp³-hybridized carbons (Fsp3) is 0.455. The lowest BCUT2D eigenvalue weighted by molar-refractivity contribution is 0.167. The first-order valence-corrected chi connectivity index (χ1v) is 4.50. The molecule has 2 rings (SSSR count). The summed E-state index contributed by atoms with van der Waals surface area (Å²) in [5.74, 6) is 5.55. The zero-order valence-electron chi connectivity index (χ0n) is 7.90. The number of epoxide rings is 1. The summed E-state index contributed by atoms with van der Waals surface area (Å²) in [6.45, 7) is 5.42. The van der Waals surface area contributed by atoms with Gasteiger partial charge in [0.2, 0.25) is 0 Å². The number of ether oxygens (including phenoxy) is 1. The molecule has 1 heterocycles. The fourth-order valence-corrected chi connectivity index (χ4v) is 1.51. The predicted octanol–water partition coefficient (Wildman–Crippen LogP) is -0.00490. The second-order valence-electron chi connectivity index (χ2n) is 3.65.